The third kappa shape index (κ3) is 2.72. The monoisotopic (exact) mass is 292 g/mol. The van der Waals surface area contributed by atoms with Crippen molar-refractivity contribution in [3.05, 3.63) is 39.9 Å². The minimum atomic E-state index is -1.22. The molecular formula is C14H16N2O5. The van der Waals surface area contributed by atoms with Gasteiger partial charge in [0.1, 0.15) is 5.92 Å². The summed E-state index contributed by atoms with van der Waals surface area (Å²) in [5, 5.41) is 13.7. The summed E-state index contributed by atoms with van der Waals surface area (Å²) in [6.07, 6.45) is 0. The van der Waals surface area contributed by atoms with Gasteiger partial charge in [-0.25, -0.2) is 0 Å². The number of hydrogen-bond donors (Lipinski definition) is 1. The first-order valence-electron chi connectivity index (χ1n) is 6.67. The molecule has 1 N–H and O–H groups in total. The number of rotatable bonds is 5. The van der Waals surface area contributed by atoms with Gasteiger partial charge in [-0.2, -0.15) is 0 Å². The van der Waals surface area contributed by atoms with Crippen molar-refractivity contribution in [1.82, 2.24) is 0 Å². The van der Waals surface area contributed by atoms with Crippen molar-refractivity contribution in [3.8, 4) is 0 Å². The number of carbonyl (C=O) groups excluding carboxylic acids is 2. The van der Waals surface area contributed by atoms with E-state index in [1.54, 1.807) is 31.2 Å². The van der Waals surface area contributed by atoms with Crippen molar-refractivity contribution in [2.24, 2.45) is 5.92 Å². The molecule has 0 fully saturated rings. The van der Waals surface area contributed by atoms with E-state index in [1.807, 2.05) is 0 Å². The van der Waals surface area contributed by atoms with E-state index in [0.29, 0.717) is 11.3 Å². The second kappa shape index (κ2) is 5.90. The molecule has 0 aliphatic carbocycles. The number of nitrogens with zero attached hydrogens (tertiary/aromatic N) is 1. The molecule has 7 heteroatoms. The summed E-state index contributed by atoms with van der Waals surface area (Å²) < 4.78 is 4.93. The van der Waals surface area contributed by atoms with Crippen LogP contribution in [0.15, 0.2) is 24.3 Å². The van der Waals surface area contributed by atoms with E-state index in [2.05, 4.69) is 5.32 Å². The van der Waals surface area contributed by atoms with E-state index in [1.165, 1.54) is 6.92 Å². The number of fused-ring (bicyclic) bond motifs is 1. The highest BCUT2D eigenvalue weighted by Crippen LogP contribution is 2.39. The lowest BCUT2D eigenvalue weighted by molar-refractivity contribution is -0.525. The van der Waals surface area contributed by atoms with Gasteiger partial charge in [0.15, 0.2) is 0 Å². The van der Waals surface area contributed by atoms with Gasteiger partial charge in [0.2, 0.25) is 11.9 Å². The summed E-state index contributed by atoms with van der Waals surface area (Å²) in [7, 11) is 0. The van der Waals surface area contributed by atoms with Gasteiger partial charge < -0.3 is 10.1 Å². The normalized spacial score (nSPS) is 19.3. The fraction of sp³-hybridized carbons (Fsp3) is 0.429. The molecular weight excluding hydrogens is 276 g/mol. The first-order chi connectivity index (χ1) is 9.97. The Morgan fingerprint density at radius 1 is 1.48 bits per heavy atom. The number of benzene rings is 1. The van der Waals surface area contributed by atoms with Crippen LogP contribution >= 0.6 is 0 Å². The molecule has 0 radical (unpaired) electrons. The van der Waals surface area contributed by atoms with Crippen LogP contribution in [0.1, 0.15) is 25.3 Å². The van der Waals surface area contributed by atoms with E-state index in [0.717, 1.165) is 0 Å². The van der Waals surface area contributed by atoms with E-state index in [9.17, 15) is 19.7 Å². The number of hydrogen-bond acceptors (Lipinski definition) is 5. The highest BCUT2D eigenvalue weighted by atomic mass is 16.6. The molecule has 0 saturated carbocycles. The molecule has 1 aromatic carbocycles. The van der Waals surface area contributed by atoms with Gasteiger partial charge in [0.05, 0.1) is 12.5 Å². The van der Waals surface area contributed by atoms with Crippen LogP contribution in [0.2, 0.25) is 0 Å². The van der Waals surface area contributed by atoms with E-state index >= 15 is 0 Å². The molecule has 0 aromatic heterocycles. The van der Waals surface area contributed by atoms with E-state index in [4.69, 9.17) is 4.74 Å². The molecule has 2 rings (SSSR count). The number of carbonyl (C=O) groups is 2. The average Bonchev–Trinajstić information content (AvgIpc) is 2.76. The fourth-order valence-corrected chi connectivity index (χ4v) is 2.57. The Kier molecular flexibility index (Phi) is 4.21. The van der Waals surface area contributed by atoms with Crippen molar-refractivity contribution in [2.75, 3.05) is 11.9 Å². The van der Waals surface area contributed by atoms with Crippen LogP contribution in [0.25, 0.3) is 0 Å². The fourth-order valence-electron chi connectivity index (χ4n) is 2.57. The number of para-hydroxylation sites is 1. The largest absolute Gasteiger partial charge is 0.466 e. The van der Waals surface area contributed by atoms with Gasteiger partial charge >= 0.3 is 5.97 Å². The lowest BCUT2D eigenvalue weighted by Gasteiger charge is -2.21. The lowest BCUT2D eigenvalue weighted by Crippen LogP contribution is -2.40. The molecule has 1 amide bonds. The highest BCUT2D eigenvalue weighted by molar-refractivity contribution is 6.05. The minimum absolute atomic E-state index is 0.107. The molecule has 0 spiro atoms. The predicted molar refractivity (Wildman–Crippen MR) is 74.4 cm³/mol. The Balaban J connectivity index is 2.43. The number of nitro groups is 1. The van der Waals surface area contributed by atoms with Crippen LogP contribution in [0.5, 0.6) is 0 Å². The highest BCUT2D eigenvalue weighted by Gasteiger charge is 2.48. The van der Waals surface area contributed by atoms with Crippen molar-refractivity contribution in [1.29, 1.82) is 0 Å². The summed E-state index contributed by atoms with van der Waals surface area (Å²) in [5.74, 6) is -3.19. The van der Waals surface area contributed by atoms with Gasteiger partial charge in [-0.3, -0.25) is 19.7 Å². The molecule has 1 heterocycles. The molecule has 1 aromatic rings. The molecule has 1 aliphatic rings. The molecule has 3 atom stereocenters. The maximum absolute atomic E-state index is 12.2. The second-order valence-electron chi connectivity index (χ2n) is 4.86. The number of ether oxygens (including phenoxy) is 1. The average molecular weight is 292 g/mol. The molecule has 0 saturated heterocycles. The van der Waals surface area contributed by atoms with Crippen LogP contribution in [0, 0.1) is 16.0 Å². The molecule has 1 unspecified atom stereocenters. The summed E-state index contributed by atoms with van der Waals surface area (Å²) >= 11 is 0. The standard InChI is InChI=1S/C14H16N2O5/c1-3-21-14(18)11(8(2)16(19)20)12-9-6-4-5-7-10(9)15-13(12)17/h4-8,11-12H,3H2,1-2H3,(H,15,17)/t8-,11+,12?/m1/s1. The summed E-state index contributed by atoms with van der Waals surface area (Å²) in [6.45, 7) is 3.04. The number of nitrogens with one attached hydrogen (secondary N) is 1. The third-order valence-electron chi connectivity index (χ3n) is 3.61. The van der Waals surface area contributed by atoms with Crippen LogP contribution in [-0.4, -0.2) is 29.4 Å². The predicted octanol–water partition coefficient (Wildman–Crippen LogP) is 1.57. The van der Waals surface area contributed by atoms with Crippen LogP contribution in [0.4, 0.5) is 5.69 Å². The van der Waals surface area contributed by atoms with Crippen LogP contribution in [-0.2, 0) is 14.3 Å². The third-order valence-corrected chi connectivity index (χ3v) is 3.61. The zero-order chi connectivity index (χ0) is 15.6. The Hall–Kier alpha value is -2.44. The van der Waals surface area contributed by atoms with Gasteiger partial charge in [0, 0.05) is 17.5 Å². The zero-order valence-electron chi connectivity index (χ0n) is 11.7. The van der Waals surface area contributed by atoms with Crippen molar-refractivity contribution >= 4 is 17.6 Å². The maximum atomic E-state index is 12.2. The SMILES string of the molecule is CCOC(=O)[C@H](C1C(=O)Nc2ccccc21)[C@@H](C)[N+](=O)[O-]. The van der Waals surface area contributed by atoms with E-state index < -0.39 is 34.7 Å². The van der Waals surface area contributed by atoms with Crippen LogP contribution in [0.3, 0.4) is 0 Å². The Bertz CT molecular complexity index is 586. The van der Waals surface area contributed by atoms with Crippen LogP contribution < -0.4 is 5.32 Å². The second-order valence-corrected chi connectivity index (χ2v) is 4.86. The maximum Gasteiger partial charge on any atom is 0.317 e. The first-order valence-corrected chi connectivity index (χ1v) is 6.67. The van der Waals surface area contributed by atoms with Gasteiger partial charge in [0.25, 0.3) is 0 Å². The minimum Gasteiger partial charge on any atom is -0.466 e. The number of esters is 1. The van der Waals surface area contributed by atoms with Gasteiger partial charge in [-0.1, -0.05) is 18.2 Å². The Labute approximate surface area is 121 Å². The Morgan fingerprint density at radius 2 is 2.14 bits per heavy atom. The number of anilines is 1. The van der Waals surface area contributed by atoms with Crippen molar-refractivity contribution in [3.63, 3.8) is 0 Å². The molecule has 21 heavy (non-hydrogen) atoms. The summed E-state index contributed by atoms with van der Waals surface area (Å²) in [4.78, 5) is 34.8. The van der Waals surface area contributed by atoms with Crippen molar-refractivity contribution in [2.45, 2.75) is 25.8 Å². The smallest absolute Gasteiger partial charge is 0.317 e. The lowest BCUT2D eigenvalue weighted by atomic mass is 9.82. The summed E-state index contributed by atoms with van der Waals surface area (Å²) in [6, 6.07) is 5.65. The molecule has 112 valence electrons. The van der Waals surface area contributed by atoms with Gasteiger partial charge in [-0.05, 0) is 18.6 Å². The number of amides is 1. The molecule has 7 nitrogen and oxygen atoms in total. The first kappa shape index (κ1) is 15.0. The topological polar surface area (TPSA) is 98.5 Å². The van der Waals surface area contributed by atoms with Crippen molar-refractivity contribution < 1.29 is 19.2 Å². The van der Waals surface area contributed by atoms with E-state index in [-0.39, 0.29) is 6.61 Å². The summed E-state index contributed by atoms with van der Waals surface area (Å²) in [5.41, 5.74) is 1.17. The Morgan fingerprint density at radius 3 is 2.76 bits per heavy atom. The van der Waals surface area contributed by atoms with Gasteiger partial charge in [-0.15, -0.1) is 0 Å². The zero-order valence-corrected chi connectivity index (χ0v) is 11.7. The molecule has 1 aliphatic heterocycles. The molecule has 0 bridgehead atoms. The quantitative estimate of drug-likeness (QED) is 0.504.